The third-order valence-electron chi connectivity index (χ3n) is 4.86. The number of fused-ring (bicyclic) bond motifs is 1. The van der Waals surface area contributed by atoms with Gasteiger partial charge < -0.3 is 9.64 Å². The lowest BCUT2D eigenvalue weighted by Gasteiger charge is -2.35. The van der Waals surface area contributed by atoms with Gasteiger partial charge in [-0.05, 0) is 37.1 Å². The Morgan fingerprint density at radius 1 is 1.17 bits per heavy atom. The van der Waals surface area contributed by atoms with E-state index >= 15 is 0 Å². The van der Waals surface area contributed by atoms with Crippen LogP contribution in [-0.2, 0) is 17.8 Å². The van der Waals surface area contributed by atoms with E-state index in [4.69, 9.17) is 4.74 Å². The predicted molar refractivity (Wildman–Crippen MR) is 96.4 cm³/mol. The molecule has 2 aromatic carbocycles. The fourth-order valence-corrected chi connectivity index (χ4v) is 3.31. The van der Waals surface area contributed by atoms with Gasteiger partial charge in [0, 0.05) is 31.4 Å². The molecule has 0 aromatic heterocycles. The van der Waals surface area contributed by atoms with E-state index in [-0.39, 0.29) is 11.9 Å². The summed E-state index contributed by atoms with van der Waals surface area (Å²) in [7, 11) is 3.54. The SMILES string of the molecule is COc1cccc2c1CN(C(C)C(=O)N(C)c1ccccc1)CC2. The molecule has 0 fully saturated rings. The summed E-state index contributed by atoms with van der Waals surface area (Å²) in [6, 6.07) is 15.8. The van der Waals surface area contributed by atoms with Crippen molar-refractivity contribution in [2.45, 2.75) is 25.9 Å². The number of anilines is 1. The summed E-state index contributed by atoms with van der Waals surface area (Å²) < 4.78 is 5.50. The summed E-state index contributed by atoms with van der Waals surface area (Å²) in [5, 5.41) is 0. The molecule has 1 amide bonds. The van der Waals surface area contributed by atoms with Gasteiger partial charge in [0.15, 0.2) is 0 Å². The number of amides is 1. The summed E-state index contributed by atoms with van der Waals surface area (Å²) in [5.41, 5.74) is 3.44. The summed E-state index contributed by atoms with van der Waals surface area (Å²) in [5.74, 6) is 1.02. The highest BCUT2D eigenvalue weighted by atomic mass is 16.5. The lowest BCUT2D eigenvalue weighted by Crippen LogP contribution is -2.47. The fraction of sp³-hybridized carbons (Fsp3) is 0.350. The number of likely N-dealkylation sites (N-methyl/N-ethyl adjacent to an activating group) is 1. The van der Waals surface area contributed by atoms with Crippen molar-refractivity contribution in [1.29, 1.82) is 0 Å². The number of hydrogen-bond donors (Lipinski definition) is 0. The molecule has 0 saturated heterocycles. The van der Waals surface area contributed by atoms with Crippen molar-refractivity contribution in [2.75, 3.05) is 25.6 Å². The molecule has 1 heterocycles. The summed E-state index contributed by atoms with van der Waals surface area (Å²) in [6.07, 6.45) is 0.944. The third kappa shape index (κ3) is 3.15. The lowest BCUT2D eigenvalue weighted by atomic mass is 9.97. The number of para-hydroxylation sites is 1. The lowest BCUT2D eigenvalue weighted by molar-refractivity contribution is -0.123. The van der Waals surface area contributed by atoms with E-state index in [0.717, 1.165) is 30.9 Å². The molecule has 0 spiro atoms. The summed E-state index contributed by atoms with van der Waals surface area (Å²) in [6.45, 7) is 3.62. The van der Waals surface area contributed by atoms with Gasteiger partial charge in [-0.15, -0.1) is 0 Å². The van der Waals surface area contributed by atoms with Gasteiger partial charge in [0.1, 0.15) is 5.75 Å². The highest BCUT2D eigenvalue weighted by molar-refractivity contribution is 5.96. The minimum Gasteiger partial charge on any atom is -0.496 e. The minimum absolute atomic E-state index is 0.111. The number of benzene rings is 2. The van der Waals surface area contributed by atoms with Crippen LogP contribution in [0.3, 0.4) is 0 Å². The molecule has 1 aliphatic rings. The molecule has 3 rings (SSSR count). The number of hydrogen-bond acceptors (Lipinski definition) is 3. The Balaban J connectivity index is 1.76. The quantitative estimate of drug-likeness (QED) is 0.866. The Bertz CT molecular complexity index is 701. The summed E-state index contributed by atoms with van der Waals surface area (Å²) >= 11 is 0. The van der Waals surface area contributed by atoms with Crippen molar-refractivity contribution in [1.82, 2.24) is 4.90 Å². The molecule has 0 bridgehead atoms. The second-order valence-corrected chi connectivity index (χ2v) is 6.23. The van der Waals surface area contributed by atoms with Crippen LogP contribution in [0.1, 0.15) is 18.1 Å². The molecular formula is C20H24N2O2. The van der Waals surface area contributed by atoms with E-state index in [2.05, 4.69) is 11.0 Å². The molecule has 1 atom stereocenters. The minimum atomic E-state index is -0.173. The molecule has 0 aliphatic carbocycles. The van der Waals surface area contributed by atoms with Gasteiger partial charge in [-0.25, -0.2) is 0 Å². The Hall–Kier alpha value is -2.33. The third-order valence-corrected chi connectivity index (χ3v) is 4.86. The topological polar surface area (TPSA) is 32.8 Å². The maximum Gasteiger partial charge on any atom is 0.243 e. The normalized spacial score (nSPS) is 15.5. The van der Waals surface area contributed by atoms with E-state index in [1.54, 1.807) is 12.0 Å². The molecular weight excluding hydrogens is 300 g/mol. The molecule has 126 valence electrons. The maximum atomic E-state index is 12.9. The number of carbonyl (C=O) groups is 1. The van der Waals surface area contributed by atoms with E-state index < -0.39 is 0 Å². The smallest absolute Gasteiger partial charge is 0.243 e. The Morgan fingerprint density at radius 2 is 1.92 bits per heavy atom. The van der Waals surface area contributed by atoms with Gasteiger partial charge in [-0.3, -0.25) is 9.69 Å². The molecule has 4 nitrogen and oxygen atoms in total. The van der Waals surface area contributed by atoms with Crippen LogP contribution < -0.4 is 9.64 Å². The van der Waals surface area contributed by atoms with Crippen molar-refractivity contribution in [3.63, 3.8) is 0 Å². The maximum absolute atomic E-state index is 12.9. The zero-order chi connectivity index (χ0) is 17.1. The first-order valence-corrected chi connectivity index (χ1v) is 8.33. The van der Waals surface area contributed by atoms with Crippen LogP contribution in [0.2, 0.25) is 0 Å². The van der Waals surface area contributed by atoms with Crippen molar-refractivity contribution in [3.8, 4) is 5.75 Å². The Labute approximate surface area is 143 Å². The molecule has 24 heavy (non-hydrogen) atoms. The molecule has 1 aliphatic heterocycles. The Morgan fingerprint density at radius 3 is 2.62 bits per heavy atom. The largest absolute Gasteiger partial charge is 0.496 e. The van der Waals surface area contributed by atoms with Crippen LogP contribution in [-0.4, -0.2) is 37.6 Å². The second-order valence-electron chi connectivity index (χ2n) is 6.23. The monoisotopic (exact) mass is 324 g/mol. The molecule has 0 N–H and O–H groups in total. The van der Waals surface area contributed by atoms with Gasteiger partial charge >= 0.3 is 0 Å². The first kappa shape index (κ1) is 16.5. The fourth-order valence-electron chi connectivity index (χ4n) is 3.31. The Kier molecular flexibility index (Phi) is 4.86. The second kappa shape index (κ2) is 7.05. The molecule has 0 saturated carbocycles. The average Bonchev–Trinajstić information content (AvgIpc) is 2.66. The van der Waals surface area contributed by atoms with E-state index in [1.807, 2.05) is 56.4 Å². The van der Waals surface area contributed by atoms with Crippen LogP contribution in [0.4, 0.5) is 5.69 Å². The number of carbonyl (C=O) groups excluding carboxylic acids is 1. The first-order valence-electron chi connectivity index (χ1n) is 8.33. The zero-order valence-electron chi connectivity index (χ0n) is 14.5. The predicted octanol–water partition coefficient (Wildman–Crippen LogP) is 3.10. The summed E-state index contributed by atoms with van der Waals surface area (Å²) in [4.78, 5) is 16.8. The average molecular weight is 324 g/mol. The van der Waals surface area contributed by atoms with Gasteiger partial charge in [-0.1, -0.05) is 30.3 Å². The molecule has 1 unspecified atom stereocenters. The standard InChI is InChI=1S/C20H24N2O2/c1-15(20(23)21(2)17-9-5-4-6-10-17)22-13-12-16-8-7-11-19(24-3)18(16)14-22/h4-11,15H,12-14H2,1-3H3. The van der Waals surface area contributed by atoms with E-state index in [0.29, 0.717) is 0 Å². The highest BCUT2D eigenvalue weighted by Crippen LogP contribution is 2.29. The molecule has 0 radical (unpaired) electrons. The van der Waals surface area contributed by atoms with Crippen molar-refractivity contribution in [2.24, 2.45) is 0 Å². The van der Waals surface area contributed by atoms with Crippen molar-refractivity contribution in [3.05, 3.63) is 59.7 Å². The number of ether oxygens (including phenoxy) is 1. The van der Waals surface area contributed by atoms with Gasteiger partial charge in [0.2, 0.25) is 5.91 Å². The van der Waals surface area contributed by atoms with Gasteiger partial charge in [0.25, 0.3) is 0 Å². The van der Waals surface area contributed by atoms with Gasteiger partial charge in [-0.2, -0.15) is 0 Å². The van der Waals surface area contributed by atoms with Crippen LogP contribution in [0, 0.1) is 0 Å². The van der Waals surface area contributed by atoms with Crippen LogP contribution >= 0.6 is 0 Å². The van der Waals surface area contributed by atoms with Crippen molar-refractivity contribution < 1.29 is 9.53 Å². The van der Waals surface area contributed by atoms with Crippen molar-refractivity contribution >= 4 is 11.6 Å². The molecule has 2 aromatic rings. The van der Waals surface area contributed by atoms with Gasteiger partial charge in [0.05, 0.1) is 13.2 Å². The number of methoxy groups -OCH3 is 1. The number of rotatable bonds is 4. The highest BCUT2D eigenvalue weighted by Gasteiger charge is 2.29. The first-order chi connectivity index (χ1) is 11.6. The van der Waals surface area contributed by atoms with E-state index in [1.165, 1.54) is 11.1 Å². The number of nitrogens with zero attached hydrogens (tertiary/aromatic N) is 2. The zero-order valence-corrected chi connectivity index (χ0v) is 14.5. The molecule has 4 heteroatoms. The van der Waals surface area contributed by atoms with Crippen LogP contribution in [0.5, 0.6) is 5.75 Å². The van der Waals surface area contributed by atoms with E-state index in [9.17, 15) is 4.79 Å². The van der Waals surface area contributed by atoms with Crippen LogP contribution in [0.25, 0.3) is 0 Å². The van der Waals surface area contributed by atoms with Crippen LogP contribution in [0.15, 0.2) is 48.5 Å².